The van der Waals surface area contributed by atoms with Crippen molar-refractivity contribution in [3.63, 3.8) is 0 Å². The maximum Gasteiger partial charge on any atom is 0.304 e. The fraction of sp³-hybridized carbons (Fsp3) is 0. The van der Waals surface area contributed by atoms with E-state index in [0.29, 0.717) is 0 Å². The van der Waals surface area contributed by atoms with E-state index in [4.69, 9.17) is 5.02 Å². The lowest BCUT2D eigenvalue weighted by molar-refractivity contribution is 0.615. The van der Waals surface area contributed by atoms with Gasteiger partial charge in [0.25, 0.3) is 0 Å². The number of hydrogen-bond acceptors (Lipinski definition) is 2. The van der Waals surface area contributed by atoms with E-state index in [9.17, 15) is 0 Å². The van der Waals surface area contributed by atoms with Crippen LogP contribution in [0.25, 0.3) is 11.3 Å². The minimum absolute atomic E-state index is 0.0858. The minimum Gasteiger partial charge on any atom is -0.449 e. The first-order valence-electron chi connectivity index (χ1n) is 4.51. The van der Waals surface area contributed by atoms with Gasteiger partial charge in [0, 0.05) is 11.8 Å². The first-order valence-corrected chi connectivity index (χ1v) is 4.51. The van der Waals surface area contributed by atoms with Gasteiger partial charge in [-0.25, -0.2) is 0 Å². The van der Waals surface area contributed by atoms with Crippen LogP contribution in [0.5, 0.6) is 0 Å². The Labute approximate surface area is 83.5 Å². The lowest BCUT2D eigenvalue weighted by atomic mass is 9.88. The molecule has 1 aromatic carbocycles. The van der Waals surface area contributed by atoms with Crippen LogP contribution in [-0.4, -0.2) is 17.5 Å². The zero-order valence-electron chi connectivity index (χ0n) is 7.72. The van der Waals surface area contributed by atoms with Crippen LogP contribution in [0.2, 0.25) is 0 Å². The van der Waals surface area contributed by atoms with Crippen molar-refractivity contribution in [1.29, 1.82) is 0 Å². The monoisotopic (exact) mass is 183 g/mol. The van der Waals surface area contributed by atoms with E-state index in [2.05, 4.69) is 4.98 Å². The van der Waals surface area contributed by atoms with Crippen LogP contribution in [0.3, 0.4) is 0 Å². The van der Waals surface area contributed by atoms with E-state index < -0.39 is 0 Å². The Morgan fingerprint density at radius 3 is 2.36 bits per heavy atom. The van der Waals surface area contributed by atoms with Crippen molar-refractivity contribution in [2.45, 2.75) is 0 Å². The molecule has 68 valence electrons. The summed E-state index contributed by atoms with van der Waals surface area (Å²) in [4.78, 5) is 4.24. The molecule has 0 atom stereocenters. The van der Waals surface area contributed by atoms with Gasteiger partial charge in [0.2, 0.25) is 0 Å². The van der Waals surface area contributed by atoms with Crippen molar-refractivity contribution in [3.05, 3.63) is 48.7 Å². The fourth-order valence-corrected chi connectivity index (χ4v) is 1.31. The molecule has 0 saturated carbocycles. The Balaban J connectivity index is 2.34. The molecule has 0 saturated heterocycles. The SMILES string of the molecule is OBc1ccc(-c2ccccn2)cc1. The highest BCUT2D eigenvalue weighted by Gasteiger charge is 1.97. The molecule has 0 aliphatic rings. The number of pyridine rings is 1. The van der Waals surface area contributed by atoms with Gasteiger partial charge in [0.15, 0.2) is 0 Å². The van der Waals surface area contributed by atoms with Gasteiger partial charge in [-0.2, -0.15) is 0 Å². The molecule has 1 heterocycles. The largest absolute Gasteiger partial charge is 0.449 e. The Hall–Kier alpha value is -1.61. The normalized spacial score (nSPS) is 9.79. The van der Waals surface area contributed by atoms with E-state index in [1.165, 1.54) is 0 Å². The van der Waals surface area contributed by atoms with E-state index in [1.54, 1.807) is 6.20 Å². The van der Waals surface area contributed by atoms with E-state index in [-0.39, 0.29) is 7.48 Å². The summed E-state index contributed by atoms with van der Waals surface area (Å²) in [6, 6.07) is 13.6. The number of benzene rings is 1. The second-order valence-corrected chi connectivity index (χ2v) is 3.07. The van der Waals surface area contributed by atoms with Gasteiger partial charge in [-0.15, -0.1) is 0 Å². The molecule has 0 aliphatic heterocycles. The number of hydrogen-bond donors (Lipinski definition) is 1. The van der Waals surface area contributed by atoms with Crippen LogP contribution in [0.15, 0.2) is 48.7 Å². The molecule has 0 spiro atoms. The highest BCUT2D eigenvalue weighted by molar-refractivity contribution is 6.45. The zero-order valence-corrected chi connectivity index (χ0v) is 7.72. The Morgan fingerprint density at radius 2 is 1.79 bits per heavy atom. The third-order valence-corrected chi connectivity index (χ3v) is 2.10. The first kappa shape index (κ1) is 8.97. The summed E-state index contributed by atoms with van der Waals surface area (Å²) in [5.41, 5.74) is 2.95. The molecule has 0 amide bonds. The van der Waals surface area contributed by atoms with Gasteiger partial charge < -0.3 is 5.02 Å². The van der Waals surface area contributed by atoms with Gasteiger partial charge in [-0.05, 0) is 12.1 Å². The second-order valence-electron chi connectivity index (χ2n) is 3.07. The van der Waals surface area contributed by atoms with Gasteiger partial charge >= 0.3 is 7.48 Å². The Bertz CT molecular complexity index is 399. The smallest absolute Gasteiger partial charge is 0.304 e. The molecule has 0 aliphatic carbocycles. The Morgan fingerprint density at radius 1 is 1.00 bits per heavy atom. The zero-order chi connectivity index (χ0) is 9.80. The Kier molecular flexibility index (Phi) is 2.61. The third kappa shape index (κ3) is 1.83. The van der Waals surface area contributed by atoms with Crippen LogP contribution in [0.4, 0.5) is 0 Å². The van der Waals surface area contributed by atoms with Gasteiger partial charge in [-0.3, -0.25) is 4.98 Å². The molecular formula is C11H10BNO. The lowest BCUT2D eigenvalue weighted by Crippen LogP contribution is -2.11. The van der Waals surface area contributed by atoms with E-state index in [0.717, 1.165) is 16.7 Å². The van der Waals surface area contributed by atoms with Gasteiger partial charge in [0.1, 0.15) is 0 Å². The summed E-state index contributed by atoms with van der Waals surface area (Å²) >= 11 is 0. The topological polar surface area (TPSA) is 33.1 Å². The molecule has 3 heteroatoms. The highest BCUT2D eigenvalue weighted by Crippen LogP contribution is 2.13. The summed E-state index contributed by atoms with van der Waals surface area (Å²) in [7, 11) is 0.0858. The van der Waals surface area contributed by atoms with Crippen LogP contribution in [-0.2, 0) is 0 Å². The molecular weight excluding hydrogens is 173 g/mol. The summed E-state index contributed by atoms with van der Waals surface area (Å²) < 4.78 is 0. The molecule has 1 aromatic heterocycles. The van der Waals surface area contributed by atoms with Crippen LogP contribution >= 0.6 is 0 Å². The molecule has 0 radical (unpaired) electrons. The quantitative estimate of drug-likeness (QED) is 0.695. The molecule has 0 fully saturated rings. The highest BCUT2D eigenvalue weighted by atomic mass is 16.2. The maximum absolute atomic E-state index is 8.88. The van der Waals surface area contributed by atoms with Crippen molar-refractivity contribution in [2.24, 2.45) is 0 Å². The van der Waals surface area contributed by atoms with Crippen LogP contribution in [0.1, 0.15) is 0 Å². The molecule has 1 N–H and O–H groups in total. The van der Waals surface area contributed by atoms with Gasteiger partial charge in [-0.1, -0.05) is 35.8 Å². The number of nitrogens with zero attached hydrogens (tertiary/aromatic N) is 1. The molecule has 0 bridgehead atoms. The summed E-state index contributed by atoms with van der Waals surface area (Å²) in [6.45, 7) is 0. The molecule has 0 unspecified atom stereocenters. The van der Waals surface area contributed by atoms with E-state index in [1.807, 2.05) is 42.5 Å². The molecule has 14 heavy (non-hydrogen) atoms. The maximum atomic E-state index is 8.88. The molecule has 2 nitrogen and oxygen atoms in total. The summed E-state index contributed by atoms with van der Waals surface area (Å²) in [5, 5.41) is 8.88. The summed E-state index contributed by atoms with van der Waals surface area (Å²) in [6.07, 6.45) is 1.77. The van der Waals surface area contributed by atoms with Crippen LogP contribution in [0, 0.1) is 0 Å². The summed E-state index contributed by atoms with van der Waals surface area (Å²) in [5.74, 6) is 0. The standard InChI is InChI=1S/C11H10BNO/c14-12-10-6-4-9(5-7-10)11-3-1-2-8-13-11/h1-8,12,14H. The third-order valence-electron chi connectivity index (χ3n) is 2.10. The average Bonchev–Trinajstić information content (AvgIpc) is 2.30. The van der Waals surface area contributed by atoms with Crippen LogP contribution < -0.4 is 5.46 Å². The number of rotatable bonds is 2. The predicted octanol–water partition coefficient (Wildman–Crippen LogP) is 0.718. The van der Waals surface area contributed by atoms with Crippen molar-refractivity contribution < 1.29 is 5.02 Å². The minimum atomic E-state index is 0.0858. The average molecular weight is 183 g/mol. The molecule has 2 rings (SSSR count). The van der Waals surface area contributed by atoms with Crippen molar-refractivity contribution in [3.8, 4) is 11.3 Å². The van der Waals surface area contributed by atoms with Crippen molar-refractivity contribution in [1.82, 2.24) is 4.98 Å². The second kappa shape index (κ2) is 4.07. The number of aromatic nitrogens is 1. The first-order chi connectivity index (χ1) is 6.90. The van der Waals surface area contributed by atoms with Crippen molar-refractivity contribution in [2.75, 3.05) is 0 Å². The van der Waals surface area contributed by atoms with Gasteiger partial charge in [0.05, 0.1) is 5.69 Å². The fourth-order valence-electron chi connectivity index (χ4n) is 1.31. The predicted molar refractivity (Wildman–Crippen MR) is 58.7 cm³/mol. The molecule has 2 aromatic rings. The van der Waals surface area contributed by atoms with E-state index >= 15 is 0 Å². The van der Waals surface area contributed by atoms with Crippen molar-refractivity contribution >= 4 is 12.9 Å². The lowest BCUT2D eigenvalue weighted by Gasteiger charge is -2.00.